The molecule has 0 amide bonds. The Hall–Kier alpha value is -0.170. The third-order valence-electron chi connectivity index (χ3n) is 2.80. The number of nitrogens with one attached hydrogen (secondary N) is 1. The van der Waals surface area contributed by atoms with Crippen molar-refractivity contribution in [2.45, 2.75) is 37.5 Å². The molecule has 0 saturated carbocycles. The Labute approximate surface area is 83.5 Å². The van der Waals surface area contributed by atoms with Gasteiger partial charge in [0, 0.05) is 0 Å². The summed E-state index contributed by atoms with van der Waals surface area (Å²) >= 11 is 0. The van der Waals surface area contributed by atoms with Crippen molar-refractivity contribution in [1.82, 2.24) is 4.72 Å². The summed E-state index contributed by atoms with van der Waals surface area (Å²) in [5.41, 5.74) is 0. The molecule has 2 aliphatic heterocycles. The highest BCUT2D eigenvalue weighted by atomic mass is 32.2. The van der Waals surface area contributed by atoms with E-state index < -0.39 is 10.0 Å². The fraction of sp³-hybridized carbons (Fsp3) is 1.00. The monoisotopic (exact) mass is 221 g/mol. The van der Waals surface area contributed by atoms with Gasteiger partial charge in [-0.2, -0.15) is 0 Å². The first-order chi connectivity index (χ1) is 6.61. The largest absolute Gasteiger partial charge is 0.395 e. The van der Waals surface area contributed by atoms with Crippen LogP contribution in [0.25, 0.3) is 0 Å². The van der Waals surface area contributed by atoms with E-state index in [2.05, 4.69) is 4.72 Å². The van der Waals surface area contributed by atoms with Gasteiger partial charge in [-0.15, -0.1) is 0 Å². The number of sulfonamides is 1. The third kappa shape index (κ3) is 2.08. The molecule has 0 spiro atoms. The molecule has 2 rings (SSSR count). The number of hydrogen-bond acceptors (Lipinski definition) is 4. The maximum atomic E-state index is 11.3. The van der Waals surface area contributed by atoms with E-state index >= 15 is 0 Å². The number of rotatable bonds is 4. The Morgan fingerprint density at radius 2 is 2.21 bits per heavy atom. The van der Waals surface area contributed by atoms with Crippen molar-refractivity contribution in [3.63, 3.8) is 0 Å². The van der Waals surface area contributed by atoms with E-state index in [4.69, 9.17) is 9.84 Å². The molecule has 2 saturated heterocycles. The molecule has 0 aliphatic carbocycles. The number of aliphatic hydroxyl groups is 1. The molecule has 0 radical (unpaired) electrons. The van der Waals surface area contributed by atoms with Crippen LogP contribution in [-0.2, 0) is 14.8 Å². The summed E-state index contributed by atoms with van der Waals surface area (Å²) in [5.74, 6) is -0.221. The zero-order valence-electron chi connectivity index (χ0n) is 7.85. The molecule has 2 N–H and O–H groups in total. The molecule has 2 heterocycles. The third-order valence-corrected chi connectivity index (χ3v) is 4.18. The van der Waals surface area contributed by atoms with E-state index in [1.165, 1.54) is 0 Å². The van der Waals surface area contributed by atoms with Crippen LogP contribution in [0.3, 0.4) is 0 Å². The van der Waals surface area contributed by atoms with Crippen LogP contribution in [0, 0.1) is 0 Å². The molecule has 2 bridgehead atoms. The average Bonchev–Trinajstić information content (AvgIpc) is 2.63. The Balaban J connectivity index is 1.92. The molecule has 5 nitrogen and oxygen atoms in total. The van der Waals surface area contributed by atoms with Gasteiger partial charge in [0.25, 0.3) is 0 Å². The molecule has 3 atom stereocenters. The van der Waals surface area contributed by atoms with Gasteiger partial charge >= 0.3 is 0 Å². The summed E-state index contributed by atoms with van der Waals surface area (Å²) in [6.07, 6.45) is 3.05. The van der Waals surface area contributed by atoms with E-state index in [0.29, 0.717) is 0 Å². The van der Waals surface area contributed by atoms with E-state index in [-0.39, 0.29) is 30.6 Å². The molecule has 3 unspecified atom stereocenters. The lowest BCUT2D eigenvalue weighted by molar-refractivity contribution is 0.0995. The van der Waals surface area contributed by atoms with E-state index in [9.17, 15) is 8.42 Å². The minimum Gasteiger partial charge on any atom is -0.395 e. The molecule has 0 aromatic rings. The maximum absolute atomic E-state index is 11.3. The van der Waals surface area contributed by atoms with Gasteiger partial charge in [-0.1, -0.05) is 0 Å². The van der Waals surface area contributed by atoms with E-state index in [1.54, 1.807) is 0 Å². The lowest BCUT2D eigenvalue weighted by atomic mass is 9.96. The normalized spacial score (nSPS) is 36.5. The second-order valence-corrected chi connectivity index (χ2v) is 5.75. The highest BCUT2D eigenvalue weighted by Crippen LogP contribution is 2.34. The van der Waals surface area contributed by atoms with Crippen molar-refractivity contribution < 1.29 is 18.3 Å². The summed E-state index contributed by atoms with van der Waals surface area (Å²) in [5, 5.41) is 8.56. The first-order valence-electron chi connectivity index (χ1n) is 4.87. The number of hydrogen-bond donors (Lipinski definition) is 2. The van der Waals surface area contributed by atoms with Gasteiger partial charge in [0.05, 0.1) is 30.6 Å². The van der Waals surface area contributed by atoms with Crippen LogP contribution in [0.4, 0.5) is 0 Å². The minimum absolute atomic E-state index is 0.0495. The molecular weight excluding hydrogens is 206 g/mol. The number of ether oxygens (including phenoxy) is 1. The van der Waals surface area contributed by atoms with Crippen molar-refractivity contribution in [3.05, 3.63) is 0 Å². The van der Waals surface area contributed by atoms with Gasteiger partial charge in [0.1, 0.15) is 0 Å². The van der Waals surface area contributed by atoms with Crippen LogP contribution >= 0.6 is 0 Å². The predicted octanol–water partition coefficient (Wildman–Crippen LogP) is -0.782. The Morgan fingerprint density at radius 3 is 2.71 bits per heavy atom. The lowest BCUT2D eigenvalue weighted by Gasteiger charge is -2.19. The Morgan fingerprint density at radius 1 is 1.43 bits per heavy atom. The summed E-state index contributed by atoms with van der Waals surface area (Å²) in [4.78, 5) is 0. The number of fused-ring (bicyclic) bond motifs is 2. The van der Waals surface area contributed by atoms with Crippen molar-refractivity contribution in [2.24, 2.45) is 0 Å². The van der Waals surface area contributed by atoms with Crippen molar-refractivity contribution in [2.75, 3.05) is 12.4 Å². The molecular formula is C8H15NO4S. The summed E-state index contributed by atoms with van der Waals surface area (Å²) in [7, 11) is -3.32. The van der Waals surface area contributed by atoms with Crippen LogP contribution in [-0.4, -0.2) is 44.1 Å². The summed E-state index contributed by atoms with van der Waals surface area (Å²) in [6, 6.07) is -0.0784. The van der Waals surface area contributed by atoms with Crippen molar-refractivity contribution >= 4 is 10.0 Å². The maximum Gasteiger partial charge on any atom is 0.214 e. The van der Waals surface area contributed by atoms with Gasteiger partial charge in [0.15, 0.2) is 0 Å². The van der Waals surface area contributed by atoms with E-state index in [1.807, 2.05) is 0 Å². The quantitative estimate of drug-likeness (QED) is 0.653. The number of aliphatic hydroxyl groups excluding tert-OH is 1. The van der Waals surface area contributed by atoms with Gasteiger partial charge in [-0.05, 0) is 19.3 Å². The fourth-order valence-corrected chi connectivity index (χ4v) is 3.24. The lowest BCUT2D eigenvalue weighted by Crippen LogP contribution is -2.42. The van der Waals surface area contributed by atoms with Crippen LogP contribution < -0.4 is 4.72 Å². The second kappa shape index (κ2) is 3.77. The molecule has 2 aliphatic rings. The minimum atomic E-state index is -3.32. The summed E-state index contributed by atoms with van der Waals surface area (Å²) < 4.78 is 30.8. The molecule has 0 aromatic heterocycles. The Bertz CT molecular complexity index is 302. The fourth-order valence-electron chi connectivity index (χ4n) is 2.17. The zero-order valence-corrected chi connectivity index (χ0v) is 8.66. The molecule has 14 heavy (non-hydrogen) atoms. The Kier molecular flexibility index (Phi) is 2.79. The topological polar surface area (TPSA) is 75.6 Å². The van der Waals surface area contributed by atoms with Crippen LogP contribution in [0.15, 0.2) is 0 Å². The van der Waals surface area contributed by atoms with Crippen molar-refractivity contribution in [1.29, 1.82) is 0 Å². The molecule has 0 aromatic carbocycles. The van der Waals surface area contributed by atoms with Crippen LogP contribution in [0.5, 0.6) is 0 Å². The molecule has 2 fully saturated rings. The standard InChI is InChI=1S/C8H15NO4S/c10-3-4-14(11,12)9-7-5-6-1-2-8(7)13-6/h6-10H,1-5H2. The molecule has 6 heteroatoms. The zero-order chi connectivity index (χ0) is 10.2. The highest BCUT2D eigenvalue weighted by Gasteiger charge is 2.42. The van der Waals surface area contributed by atoms with Gasteiger partial charge in [0.2, 0.25) is 10.0 Å². The van der Waals surface area contributed by atoms with Crippen LogP contribution in [0.2, 0.25) is 0 Å². The van der Waals surface area contributed by atoms with E-state index in [0.717, 1.165) is 19.3 Å². The SMILES string of the molecule is O=S(=O)(CCO)NC1CC2CCC1O2. The summed E-state index contributed by atoms with van der Waals surface area (Å²) in [6.45, 7) is -0.336. The van der Waals surface area contributed by atoms with Gasteiger partial charge < -0.3 is 9.84 Å². The average molecular weight is 221 g/mol. The first kappa shape index (κ1) is 10.4. The van der Waals surface area contributed by atoms with Gasteiger partial charge in [-0.3, -0.25) is 0 Å². The predicted molar refractivity (Wildman–Crippen MR) is 50.3 cm³/mol. The van der Waals surface area contributed by atoms with Crippen molar-refractivity contribution in [3.8, 4) is 0 Å². The highest BCUT2D eigenvalue weighted by molar-refractivity contribution is 7.89. The van der Waals surface area contributed by atoms with Gasteiger partial charge in [-0.25, -0.2) is 13.1 Å². The smallest absolute Gasteiger partial charge is 0.214 e. The molecule has 82 valence electrons. The van der Waals surface area contributed by atoms with Crippen LogP contribution in [0.1, 0.15) is 19.3 Å². The first-order valence-corrected chi connectivity index (χ1v) is 6.52. The second-order valence-electron chi connectivity index (χ2n) is 3.88.